The third kappa shape index (κ3) is 5.33. The highest BCUT2D eigenvalue weighted by Crippen LogP contribution is 2.36. The fourth-order valence-corrected chi connectivity index (χ4v) is 3.87. The van der Waals surface area contributed by atoms with E-state index in [0.29, 0.717) is 32.3 Å². The lowest BCUT2D eigenvalue weighted by atomic mass is 10.1. The van der Waals surface area contributed by atoms with Crippen LogP contribution >= 0.6 is 22.9 Å². The van der Waals surface area contributed by atoms with Crippen LogP contribution in [0.5, 0.6) is 11.5 Å². The standard InChI is InChI=1S/C23H19ClN4O4S/c1-30-17-10-7-15(19(12-17)31-2)13-25-28-23-26-20(14-5-8-16(24)9-6-14)22(33-23)27-21(29)18-4-3-11-32-18/h3-13H,1-2H3,(H,26,28)(H,27,29). The Morgan fingerprint density at radius 2 is 1.97 bits per heavy atom. The fourth-order valence-electron chi connectivity index (χ4n) is 2.91. The topological polar surface area (TPSA) is 98.0 Å². The van der Waals surface area contributed by atoms with E-state index in [-0.39, 0.29) is 11.7 Å². The number of furan rings is 1. The molecule has 4 aromatic rings. The number of carbonyl (C=O) groups is 1. The minimum atomic E-state index is -0.378. The van der Waals surface area contributed by atoms with Crippen LogP contribution < -0.4 is 20.2 Å². The molecule has 0 unspecified atom stereocenters. The van der Waals surface area contributed by atoms with Crippen LogP contribution in [-0.4, -0.2) is 31.3 Å². The third-order valence-corrected chi connectivity index (χ3v) is 5.65. The Morgan fingerprint density at radius 1 is 1.15 bits per heavy atom. The molecular formula is C23H19ClN4O4S. The van der Waals surface area contributed by atoms with E-state index in [1.807, 2.05) is 24.3 Å². The summed E-state index contributed by atoms with van der Waals surface area (Å²) in [7, 11) is 3.17. The Bertz CT molecular complexity index is 1270. The lowest BCUT2D eigenvalue weighted by molar-refractivity contribution is 0.0997. The quantitative estimate of drug-likeness (QED) is 0.244. The first-order valence-corrected chi connectivity index (χ1v) is 10.9. The Hall–Kier alpha value is -3.82. The van der Waals surface area contributed by atoms with Crippen LogP contribution in [0.4, 0.5) is 10.1 Å². The maximum absolute atomic E-state index is 12.5. The van der Waals surface area contributed by atoms with Gasteiger partial charge in [-0.2, -0.15) is 5.10 Å². The average molecular weight is 483 g/mol. The van der Waals surface area contributed by atoms with Crippen molar-refractivity contribution in [2.45, 2.75) is 0 Å². The second-order valence-electron chi connectivity index (χ2n) is 6.61. The van der Waals surface area contributed by atoms with Gasteiger partial charge in [-0.25, -0.2) is 4.98 Å². The van der Waals surface area contributed by atoms with Gasteiger partial charge < -0.3 is 19.2 Å². The molecule has 4 rings (SSSR count). The summed E-state index contributed by atoms with van der Waals surface area (Å²) < 4.78 is 15.8. The van der Waals surface area contributed by atoms with Gasteiger partial charge in [0.1, 0.15) is 22.2 Å². The van der Waals surface area contributed by atoms with E-state index in [0.717, 1.165) is 11.1 Å². The highest BCUT2D eigenvalue weighted by Gasteiger charge is 2.18. The van der Waals surface area contributed by atoms with Gasteiger partial charge >= 0.3 is 0 Å². The van der Waals surface area contributed by atoms with Crippen LogP contribution in [0.2, 0.25) is 5.02 Å². The van der Waals surface area contributed by atoms with Crippen molar-refractivity contribution in [3.05, 3.63) is 77.2 Å². The van der Waals surface area contributed by atoms with Crippen molar-refractivity contribution in [3.8, 4) is 22.8 Å². The Labute approximate surface area is 198 Å². The van der Waals surface area contributed by atoms with Crippen LogP contribution in [0.1, 0.15) is 16.1 Å². The predicted molar refractivity (Wildman–Crippen MR) is 130 cm³/mol. The number of aromatic nitrogens is 1. The number of nitrogens with one attached hydrogen (secondary N) is 2. The second kappa shape index (κ2) is 10.2. The summed E-state index contributed by atoms with van der Waals surface area (Å²) in [6.45, 7) is 0. The van der Waals surface area contributed by atoms with Crippen LogP contribution in [0.25, 0.3) is 11.3 Å². The largest absolute Gasteiger partial charge is 0.497 e. The number of hydrogen-bond acceptors (Lipinski definition) is 8. The van der Waals surface area contributed by atoms with Crippen molar-refractivity contribution >= 4 is 45.2 Å². The first-order chi connectivity index (χ1) is 16.1. The fraction of sp³-hybridized carbons (Fsp3) is 0.0870. The van der Waals surface area contributed by atoms with Crippen molar-refractivity contribution in [1.82, 2.24) is 4.98 Å². The third-order valence-electron chi connectivity index (χ3n) is 4.52. The van der Waals surface area contributed by atoms with E-state index in [9.17, 15) is 4.79 Å². The Morgan fingerprint density at radius 3 is 2.67 bits per heavy atom. The number of amides is 1. The molecule has 8 nitrogen and oxygen atoms in total. The zero-order chi connectivity index (χ0) is 23.2. The molecule has 168 valence electrons. The molecular weight excluding hydrogens is 464 g/mol. The molecule has 10 heteroatoms. The zero-order valence-corrected chi connectivity index (χ0v) is 19.2. The molecule has 2 aromatic carbocycles. The molecule has 0 saturated heterocycles. The van der Waals surface area contributed by atoms with Gasteiger partial charge in [0.05, 0.1) is 26.7 Å². The summed E-state index contributed by atoms with van der Waals surface area (Å²) in [5, 5.41) is 8.75. The van der Waals surface area contributed by atoms with Gasteiger partial charge in [-0.1, -0.05) is 35.1 Å². The Kier molecular flexibility index (Phi) is 6.92. The molecule has 0 bridgehead atoms. The number of benzene rings is 2. The number of rotatable bonds is 8. The summed E-state index contributed by atoms with van der Waals surface area (Å²) in [6, 6.07) is 15.8. The van der Waals surface area contributed by atoms with E-state index in [2.05, 4.69) is 20.8 Å². The molecule has 2 N–H and O–H groups in total. The molecule has 0 radical (unpaired) electrons. The molecule has 0 aliphatic heterocycles. The maximum atomic E-state index is 12.5. The summed E-state index contributed by atoms with van der Waals surface area (Å²) in [5.41, 5.74) is 5.04. The summed E-state index contributed by atoms with van der Waals surface area (Å²) in [4.78, 5) is 17.1. The molecule has 0 aliphatic rings. The van der Waals surface area contributed by atoms with Crippen molar-refractivity contribution in [2.75, 3.05) is 25.0 Å². The van der Waals surface area contributed by atoms with Crippen LogP contribution in [0.3, 0.4) is 0 Å². The smallest absolute Gasteiger partial charge is 0.292 e. The predicted octanol–water partition coefficient (Wildman–Crippen LogP) is 5.77. The number of nitrogens with zero attached hydrogens (tertiary/aromatic N) is 2. The number of hydrazone groups is 1. The summed E-state index contributed by atoms with van der Waals surface area (Å²) in [5.74, 6) is 1.12. The average Bonchev–Trinajstić information content (AvgIpc) is 3.50. The first kappa shape index (κ1) is 22.4. The van der Waals surface area contributed by atoms with E-state index < -0.39 is 0 Å². The van der Waals surface area contributed by atoms with E-state index in [1.165, 1.54) is 17.6 Å². The van der Waals surface area contributed by atoms with Gasteiger partial charge in [0.2, 0.25) is 5.13 Å². The monoisotopic (exact) mass is 482 g/mol. The normalized spacial score (nSPS) is 10.9. The minimum absolute atomic E-state index is 0.199. The lowest BCUT2D eigenvalue weighted by Gasteiger charge is -2.06. The zero-order valence-electron chi connectivity index (χ0n) is 17.7. The minimum Gasteiger partial charge on any atom is -0.497 e. The number of halogens is 1. The van der Waals surface area contributed by atoms with Gasteiger partial charge in [0.25, 0.3) is 5.91 Å². The highest BCUT2D eigenvalue weighted by atomic mass is 35.5. The molecule has 2 heterocycles. The second-order valence-corrected chi connectivity index (χ2v) is 8.05. The number of methoxy groups -OCH3 is 2. The van der Waals surface area contributed by atoms with E-state index in [1.54, 1.807) is 50.8 Å². The number of carbonyl (C=O) groups excluding carboxylic acids is 1. The highest BCUT2D eigenvalue weighted by molar-refractivity contribution is 7.20. The molecule has 0 fully saturated rings. The van der Waals surface area contributed by atoms with Crippen molar-refractivity contribution in [1.29, 1.82) is 0 Å². The van der Waals surface area contributed by atoms with E-state index >= 15 is 0 Å². The van der Waals surface area contributed by atoms with Gasteiger partial charge in [-0.15, -0.1) is 0 Å². The van der Waals surface area contributed by atoms with Crippen molar-refractivity contribution < 1.29 is 18.7 Å². The molecule has 0 saturated carbocycles. The SMILES string of the molecule is COc1ccc(C=NNc2nc(-c3ccc(Cl)cc3)c(NC(=O)c3ccco3)s2)c(OC)c1. The number of anilines is 2. The first-order valence-electron chi connectivity index (χ1n) is 9.70. The summed E-state index contributed by atoms with van der Waals surface area (Å²) in [6.07, 6.45) is 3.06. The van der Waals surface area contributed by atoms with Crippen LogP contribution in [0, 0.1) is 0 Å². The Balaban J connectivity index is 1.59. The molecule has 0 spiro atoms. The molecule has 1 amide bonds. The van der Waals surface area contributed by atoms with Gasteiger partial charge in [0, 0.05) is 22.2 Å². The summed E-state index contributed by atoms with van der Waals surface area (Å²) >= 11 is 7.26. The molecule has 33 heavy (non-hydrogen) atoms. The lowest BCUT2D eigenvalue weighted by Crippen LogP contribution is -2.10. The number of thiazole rings is 1. The van der Waals surface area contributed by atoms with Crippen molar-refractivity contribution in [2.24, 2.45) is 5.10 Å². The van der Waals surface area contributed by atoms with Gasteiger partial charge in [-0.3, -0.25) is 10.2 Å². The maximum Gasteiger partial charge on any atom is 0.292 e. The molecule has 0 aliphatic carbocycles. The molecule has 0 atom stereocenters. The van der Waals surface area contributed by atoms with Gasteiger partial charge in [-0.05, 0) is 36.4 Å². The van der Waals surface area contributed by atoms with Gasteiger partial charge in [0.15, 0.2) is 5.76 Å². The number of hydrogen-bond donors (Lipinski definition) is 2. The van der Waals surface area contributed by atoms with Crippen LogP contribution in [0.15, 0.2) is 70.4 Å². The van der Waals surface area contributed by atoms with Crippen LogP contribution in [-0.2, 0) is 0 Å². The number of ether oxygens (including phenoxy) is 2. The van der Waals surface area contributed by atoms with E-state index in [4.69, 9.17) is 25.5 Å². The van der Waals surface area contributed by atoms with Crippen molar-refractivity contribution in [3.63, 3.8) is 0 Å². The molecule has 2 aromatic heterocycles.